The van der Waals surface area contributed by atoms with Crippen LogP contribution in [0.2, 0.25) is 0 Å². The van der Waals surface area contributed by atoms with Crippen molar-refractivity contribution in [1.82, 2.24) is 0 Å². The Morgan fingerprint density at radius 1 is 1.00 bits per heavy atom. The van der Waals surface area contributed by atoms with Crippen molar-refractivity contribution >= 4 is 10.4 Å². The molecule has 8 unspecified atom stereocenters. The molecule has 5 aliphatic rings. The fraction of sp³-hybridized carbons (Fsp3) is 0.875. The molecule has 0 aromatic rings. The maximum atomic E-state index is 12.7. The number of aliphatic hydroxyl groups is 7. The second-order valence-corrected chi connectivity index (χ2v) is 16.3. The Morgan fingerprint density at radius 3 is 2.30 bits per heavy atom. The molecule has 1 heterocycles. The first kappa shape index (κ1) is 36.3. The highest BCUT2D eigenvalue weighted by Crippen LogP contribution is 2.69. The fourth-order valence-electron chi connectivity index (χ4n) is 9.93. The highest BCUT2D eigenvalue weighted by atomic mass is 32.3. The van der Waals surface area contributed by atoms with Gasteiger partial charge in [0.25, 0.3) is 0 Å². The van der Waals surface area contributed by atoms with Gasteiger partial charge >= 0.3 is 10.4 Å². The second kappa shape index (κ2) is 12.7. The summed E-state index contributed by atoms with van der Waals surface area (Å²) < 4.78 is 50.6. The summed E-state index contributed by atoms with van der Waals surface area (Å²) in [5, 5.41) is 76.7. The number of hydrogen-bond donors (Lipinski definition) is 8. The van der Waals surface area contributed by atoms with Crippen LogP contribution in [0.4, 0.5) is 0 Å². The van der Waals surface area contributed by atoms with Gasteiger partial charge in [0.15, 0.2) is 6.29 Å². The van der Waals surface area contributed by atoms with E-state index in [1.807, 2.05) is 34.6 Å². The Kier molecular flexibility index (Phi) is 10.0. The lowest BCUT2D eigenvalue weighted by Gasteiger charge is -2.64. The van der Waals surface area contributed by atoms with E-state index in [0.717, 1.165) is 0 Å². The summed E-state index contributed by atoms with van der Waals surface area (Å²) in [6, 6.07) is 0. The highest BCUT2D eigenvalue weighted by Gasteiger charge is 2.73. The molecule has 0 amide bonds. The smallest absolute Gasteiger partial charge is 0.390 e. The summed E-state index contributed by atoms with van der Waals surface area (Å²) in [6.07, 6.45) is -3.83. The lowest BCUT2D eigenvalue weighted by atomic mass is 9.43. The first-order chi connectivity index (χ1) is 21.2. The monoisotopic (exact) mass is 676 g/mol. The molecule has 0 bridgehead atoms. The minimum atomic E-state index is -5.04. The van der Waals surface area contributed by atoms with Crippen molar-refractivity contribution in [3.8, 4) is 0 Å². The van der Waals surface area contributed by atoms with Crippen molar-refractivity contribution in [3.05, 3.63) is 23.8 Å². The van der Waals surface area contributed by atoms with Gasteiger partial charge in [-0.15, -0.1) is 0 Å². The van der Waals surface area contributed by atoms with E-state index in [1.165, 1.54) is 0 Å². The Bertz CT molecular complexity index is 1290. The Labute approximate surface area is 270 Å². The van der Waals surface area contributed by atoms with E-state index in [4.69, 9.17) is 13.7 Å². The molecule has 1 saturated heterocycles. The molecule has 5 rings (SSSR count). The number of allylic oxidation sites excluding steroid dienone is 1. The molecule has 8 N–H and O–H groups in total. The number of ether oxygens (including phenoxy) is 2. The summed E-state index contributed by atoms with van der Waals surface area (Å²) in [4.78, 5) is 0. The van der Waals surface area contributed by atoms with Crippen molar-refractivity contribution in [1.29, 1.82) is 0 Å². The van der Waals surface area contributed by atoms with E-state index in [2.05, 4.69) is 0 Å². The van der Waals surface area contributed by atoms with Crippen LogP contribution in [0, 0.1) is 40.4 Å². The zero-order chi connectivity index (χ0) is 34.1. The Morgan fingerprint density at radius 2 is 1.67 bits per heavy atom. The fourth-order valence-corrected chi connectivity index (χ4v) is 10.4. The van der Waals surface area contributed by atoms with E-state index in [9.17, 15) is 48.7 Å². The highest BCUT2D eigenvalue weighted by molar-refractivity contribution is 7.80. The van der Waals surface area contributed by atoms with Crippen LogP contribution in [-0.4, -0.2) is 116 Å². The zero-order valence-electron chi connectivity index (χ0n) is 27.1. The number of fused-ring (bicyclic) bond motifs is 5. The van der Waals surface area contributed by atoms with E-state index in [-0.39, 0.29) is 24.9 Å². The number of rotatable bonds is 8. The molecule has 0 spiro atoms. The van der Waals surface area contributed by atoms with Gasteiger partial charge in [-0.3, -0.25) is 4.55 Å². The molecule has 13 nitrogen and oxygen atoms in total. The summed E-state index contributed by atoms with van der Waals surface area (Å²) in [5.74, 6) is -2.47. The average molecular weight is 677 g/mol. The van der Waals surface area contributed by atoms with E-state index in [0.29, 0.717) is 31.3 Å². The largest absolute Gasteiger partial charge is 0.397 e. The van der Waals surface area contributed by atoms with Crippen molar-refractivity contribution < 1.29 is 62.4 Å². The van der Waals surface area contributed by atoms with Crippen LogP contribution in [0.25, 0.3) is 0 Å². The van der Waals surface area contributed by atoms with E-state index >= 15 is 0 Å². The molecule has 264 valence electrons. The molecule has 16 atom stereocenters. The first-order valence-corrected chi connectivity index (χ1v) is 17.7. The van der Waals surface area contributed by atoms with Gasteiger partial charge in [-0.05, 0) is 65.8 Å². The predicted molar refractivity (Wildman–Crippen MR) is 163 cm³/mol. The van der Waals surface area contributed by atoms with Crippen LogP contribution in [0.1, 0.15) is 66.7 Å². The van der Waals surface area contributed by atoms with Gasteiger partial charge < -0.3 is 45.2 Å². The third-order valence-electron chi connectivity index (χ3n) is 12.1. The third-order valence-corrected chi connectivity index (χ3v) is 12.6. The van der Waals surface area contributed by atoms with Gasteiger partial charge in [0.1, 0.15) is 24.4 Å². The lowest BCUT2D eigenvalue weighted by molar-refractivity contribution is -0.280. The molecule has 0 aromatic carbocycles. The summed E-state index contributed by atoms with van der Waals surface area (Å²) in [6.45, 7) is 9.22. The van der Waals surface area contributed by atoms with Crippen molar-refractivity contribution in [2.24, 2.45) is 40.4 Å². The second-order valence-electron chi connectivity index (χ2n) is 15.3. The van der Waals surface area contributed by atoms with Crippen LogP contribution < -0.4 is 0 Å². The third kappa shape index (κ3) is 6.15. The summed E-state index contributed by atoms with van der Waals surface area (Å²) >= 11 is 0. The van der Waals surface area contributed by atoms with Gasteiger partial charge in [-0.25, -0.2) is 4.18 Å². The van der Waals surface area contributed by atoms with Crippen LogP contribution in [0.5, 0.6) is 0 Å². The topological polar surface area (TPSA) is 224 Å². The minimum Gasteiger partial charge on any atom is -0.390 e. The van der Waals surface area contributed by atoms with Crippen molar-refractivity contribution in [3.63, 3.8) is 0 Å². The Hall–Kier alpha value is -1.01. The molecule has 3 saturated carbocycles. The molecule has 0 radical (unpaired) electrons. The quantitative estimate of drug-likeness (QED) is 0.129. The van der Waals surface area contributed by atoms with Crippen LogP contribution >= 0.6 is 0 Å². The molecule has 1 aliphatic heterocycles. The van der Waals surface area contributed by atoms with Gasteiger partial charge in [0, 0.05) is 12.3 Å². The molecule has 46 heavy (non-hydrogen) atoms. The zero-order valence-corrected chi connectivity index (χ0v) is 27.9. The van der Waals surface area contributed by atoms with E-state index < -0.39 is 99.7 Å². The maximum Gasteiger partial charge on any atom is 0.397 e. The molecule has 4 fully saturated rings. The van der Waals surface area contributed by atoms with Crippen LogP contribution in [-0.2, 0) is 24.1 Å². The molecule has 14 heteroatoms. The number of hydrogen-bond acceptors (Lipinski definition) is 12. The molecular weight excluding hydrogens is 624 g/mol. The normalized spacial score (nSPS) is 49.3. The maximum absolute atomic E-state index is 12.7. The summed E-state index contributed by atoms with van der Waals surface area (Å²) in [7, 11) is -5.04. The van der Waals surface area contributed by atoms with Gasteiger partial charge in [-0.1, -0.05) is 52.8 Å². The minimum absolute atomic E-state index is 0.0426. The van der Waals surface area contributed by atoms with Gasteiger partial charge in [0.05, 0.1) is 36.6 Å². The standard InChI is InChI=1S/C32H52O13S/c1-15(2)19(33)7-6-16(3)23-25(37)27(45-46(40,41)42)28-31(23,5)11-9-22-30(4)10-8-17(12-18(30)20(34)13-32(22,28)39)44-29-26(38)24(36)21(35)14-43-29/h6-7,12,15-17,19-29,33-39H,8-11,13-14H2,1-5H3,(H,40,41,42)/b7-6+/t16-,17+,19?,20-,21?,22?,23+,24?,25-,26?,27?,28?,29?,30+,31-,32+/m1/s1. The SMILES string of the molecule is CC(C)C(O)/C=C/[C@@H](C)[C@H]1[C@@H](O)C(OS(=O)(=O)O)C2[C@]3(O)C[C@@H](O)C4=C[C@@H](OC5OCC(O)C(O)C5O)CC[C@]4(C)C3CC[C@@]21C. The van der Waals surface area contributed by atoms with Gasteiger partial charge in [-0.2, -0.15) is 8.42 Å². The molecule has 4 aliphatic carbocycles. The van der Waals surface area contributed by atoms with Crippen LogP contribution in [0.15, 0.2) is 23.8 Å². The molecule has 0 aromatic heterocycles. The first-order valence-electron chi connectivity index (χ1n) is 16.4. The molecular formula is C32H52O13S. The number of aliphatic hydroxyl groups excluding tert-OH is 6. The van der Waals surface area contributed by atoms with Crippen molar-refractivity contribution in [2.45, 2.75) is 127 Å². The average Bonchev–Trinajstić information content (AvgIpc) is 3.17. The van der Waals surface area contributed by atoms with Crippen LogP contribution in [0.3, 0.4) is 0 Å². The van der Waals surface area contributed by atoms with E-state index in [1.54, 1.807) is 18.2 Å². The predicted octanol–water partition coefficient (Wildman–Crippen LogP) is 0.453. The van der Waals surface area contributed by atoms with Gasteiger partial charge in [0.2, 0.25) is 0 Å². The van der Waals surface area contributed by atoms with Crippen molar-refractivity contribution in [2.75, 3.05) is 6.61 Å². The Balaban J connectivity index is 1.47. The lowest BCUT2D eigenvalue weighted by Crippen LogP contribution is -2.66. The summed E-state index contributed by atoms with van der Waals surface area (Å²) in [5.41, 5.74) is -2.69.